The molecule has 0 saturated carbocycles. The molecule has 6 rings (SSSR count). The summed E-state index contributed by atoms with van der Waals surface area (Å²) in [4.78, 5) is 15.5. The fraction of sp³-hybridized carbons (Fsp3) is 0.276. The predicted octanol–water partition coefficient (Wildman–Crippen LogP) is 6.25. The number of fused-ring (bicyclic) bond motifs is 5. The third-order valence-corrected chi connectivity index (χ3v) is 6.43. The van der Waals surface area contributed by atoms with Crippen molar-refractivity contribution in [2.24, 2.45) is 5.92 Å². The van der Waals surface area contributed by atoms with Crippen molar-refractivity contribution in [3.63, 3.8) is 0 Å². The van der Waals surface area contributed by atoms with Crippen LogP contribution in [0.3, 0.4) is 0 Å². The van der Waals surface area contributed by atoms with Gasteiger partial charge >= 0.3 is 0 Å². The van der Waals surface area contributed by atoms with Gasteiger partial charge in [0.05, 0.1) is 6.20 Å². The second-order valence-electron chi connectivity index (χ2n) is 9.30. The van der Waals surface area contributed by atoms with Crippen LogP contribution in [0.1, 0.15) is 50.1 Å². The molecule has 2 heterocycles. The normalized spacial score (nSPS) is 14.2. The van der Waals surface area contributed by atoms with Gasteiger partial charge in [0, 0.05) is 30.0 Å². The van der Waals surface area contributed by atoms with Gasteiger partial charge in [0.25, 0.3) is 0 Å². The van der Waals surface area contributed by atoms with Crippen LogP contribution in [0.5, 0.6) is 0 Å². The number of nitrogens with zero attached hydrogens (tertiary/aromatic N) is 5. The molecule has 174 valence electrons. The van der Waals surface area contributed by atoms with Gasteiger partial charge in [-0.2, -0.15) is 10.2 Å². The Kier molecular flexibility index (Phi) is 6.49. The van der Waals surface area contributed by atoms with Crippen molar-refractivity contribution >= 4 is 33.2 Å². The highest BCUT2D eigenvalue weighted by Gasteiger charge is 2.21. The van der Waals surface area contributed by atoms with Crippen LogP contribution in [0, 0.1) is 17.2 Å². The number of aromatic nitrogens is 4. The Morgan fingerprint density at radius 2 is 1.91 bits per heavy atom. The van der Waals surface area contributed by atoms with E-state index in [-0.39, 0.29) is 5.82 Å². The van der Waals surface area contributed by atoms with Crippen LogP contribution in [0.4, 0.5) is 5.69 Å². The molecule has 2 aliphatic carbocycles. The van der Waals surface area contributed by atoms with E-state index in [1.807, 2.05) is 6.07 Å². The van der Waals surface area contributed by atoms with Gasteiger partial charge in [-0.05, 0) is 59.8 Å². The first-order valence-electron chi connectivity index (χ1n) is 12.2. The summed E-state index contributed by atoms with van der Waals surface area (Å²) in [7, 11) is 0. The van der Waals surface area contributed by atoms with Crippen molar-refractivity contribution in [2.75, 3.05) is 11.9 Å². The van der Waals surface area contributed by atoms with Crippen LogP contribution in [-0.2, 0) is 6.42 Å². The molecule has 6 nitrogen and oxygen atoms in total. The van der Waals surface area contributed by atoms with Crippen LogP contribution in [0.25, 0.3) is 27.5 Å². The fourth-order valence-corrected chi connectivity index (χ4v) is 4.78. The summed E-state index contributed by atoms with van der Waals surface area (Å²) < 4.78 is 0. The third kappa shape index (κ3) is 4.76. The second-order valence-corrected chi connectivity index (χ2v) is 9.30. The maximum atomic E-state index is 8.47. The molecule has 2 aromatic carbocycles. The van der Waals surface area contributed by atoms with Gasteiger partial charge in [-0.25, -0.2) is 15.0 Å². The molecule has 0 saturated heterocycles. The Morgan fingerprint density at radius 3 is 2.77 bits per heavy atom. The smallest absolute Gasteiger partial charge is 0.234 e. The Hall–Kier alpha value is -4.11. The lowest BCUT2D eigenvalue weighted by atomic mass is 9.79. The molecule has 0 amide bonds. The second kappa shape index (κ2) is 10.0. The summed E-state index contributed by atoms with van der Waals surface area (Å²) in [6, 6.07) is 13.1. The van der Waals surface area contributed by atoms with Crippen LogP contribution in [-0.4, -0.2) is 26.5 Å². The van der Waals surface area contributed by atoms with Crippen molar-refractivity contribution < 1.29 is 0 Å². The number of benzene rings is 2. The van der Waals surface area contributed by atoms with E-state index in [2.05, 4.69) is 81.6 Å². The first-order valence-corrected chi connectivity index (χ1v) is 12.2. The van der Waals surface area contributed by atoms with E-state index in [4.69, 9.17) is 5.26 Å². The summed E-state index contributed by atoms with van der Waals surface area (Å²) in [6.45, 7) is 5.55. The fourth-order valence-electron chi connectivity index (χ4n) is 4.78. The third-order valence-electron chi connectivity index (χ3n) is 6.43. The van der Waals surface area contributed by atoms with Crippen molar-refractivity contribution in [3.05, 3.63) is 83.6 Å². The lowest BCUT2D eigenvalue weighted by Crippen LogP contribution is -2.11. The number of hydrogen-bond donors (Lipinski definition) is 1. The topological polar surface area (TPSA) is 87.4 Å². The molecular formula is C29H28N6. The highest BCUT2D eigenvalue weighted by Crippen LogP contribution is 2.41. The molecule has 2 aliphatic rings. The number of nitrogens with one attached hydrogen (secondary N) is 1. The van der Waals surface area contributed by atoms with Gasteiger partial charge in [0.15, 0.2) is 5.65 Å². The van der Waals surface area contributed by atoms with E-state index in [1.54, 1.807) is 17.3 Å². The van der Waals surface area contributed by atoms with Gasteiger partial charge in [0.1, 0.15) is 11.6 Å². The minimum Gasteiger partial charge on any atom is -0.384 e. The van der Waals surface area contributed by atoms with Crippen LogP contribution in [0.15, 0.2) is 66.6 Å². The number of allylic oxidation sites excluding steroid dienone is 4. The molecule has 0 atom stereocenters. The summed E-state index contributed by atoms with van der Waals surface area (Å²) in [5.74, 6) is 0.767. The molecule has 4 aromatic rings. The van der Waals surface area contributed by atoms with Gasteiger partial charge < -0.3 is 5.32 Å². The van der Waals surface area contributed by atoms with Gasteiger partial charge in [-0.1, -0.05) is 55.8 Å². The summed E-state index contributed by atoms with van der Waals surface area (Å²) in [6.07, 6.45) is 14.1. The summed E-state index contributed by atoms with van der Waals surface area (Å²) in [5.41, 5.74) is 8.51. The van der Waals surface area contributed by atoms with E-state index in [9.17, 15) is 0 Å². The van der Waals surface area contributed by atoms with E-state index in [0.717, 1.165) is 6.54 Å². The van der Waals surface area contributed by atoms with E-state index >= 15 is 0 Å². The Bertz CT molecular complexity index is 1490. The van der Waals surface area contributed by atoms with E-state index in [0.29, 0.717) is 17.1 Å². The molecule has 35 heavy (non-hydrogen) atoms. The predicted molar refractivity (Wildman–Crippen MR) is 141 cm³/mol. The van der Waals surface area contributed by atoms with E-state index < -0.39 is 0 Å². The van der Waals surface area contributed by atoms with Gasteiger partial charge in [0.2, 0.25) is 5.82 Å². The Labute approximate surface area is 205 Å². The molecule has 0 radical (unpaired) electrons. The number of hydrogen-bond acceptors (Lipinski definition) is 6. The van der Waals surface area contributed by atoms with Crippen molar-refractivity contribution in [2.45, 2.75) is 39.5 Å². The molecule has 0 aliphatic heterocycles. The van der Waals surface area contributed by atoms with Crippen molar-refractivity contribution in [1.82, 2.24) is 19.9 Å². The molecule has 0 bridgehead atoms. The lowest BCUT2D eigenvalue weighted by Gasteiger charge is -2.26. The number of aryl methyl sites for hydroxylation is 1. The van der Waals surface area contributed by atoms with Crippen LogP contribution < -0.4 is 5.32 Å². The van der Waals surface area contributed by atoms with Crippen molar-refractivity contribution in [1.29, 1.82) is 5.26 Å². The highest BCUT2D eigenvalue weighted by atomic mass is 15.0. The molecule has 1 N–H and O–H groups in total. The monoisotopic (exact) mass is 460 g/mol. The lowest BCUT2D eigenvalue weighted by molar-refractivity contribution is 0.689. The van der Waals surface area contributed by atoms with E-state index in [1.165, 1.54) is 65.7 Å². The maximum absolute atomic E-state index is 8.47. The maximum Gasteiger partial charge on any atom is 0.234 e. The van der Waals surface area contributed by atoms with Crippen molar-refractivity contribution in [3.8, 4) is 6.07 Å². The quantitative estimate of drug-likeness (QED) is 0.389. The molecule has 0 spiro atoms. The first kappa shape index (κ1) is 22.7. The Balaban J connectivity index is 0.000000178. The first-order chi connectivity index (χ1) is 17.1. The zero-order valence-electron chi connectivity index (χ0n) is 20.1. The average Bonchev–Trinajstić information content (AvgIpc) is 2.91. The molecule has 0 unspecified atom stereocenters. The zero-order valence-corrected chi connectivity index (χ0v) is 20.1. The van der Waals surface area contributed by atoms with Gasteiger partial charge in [-0.15, -0.1) is 0 Å². The molecule has 6 heteroatoms. The Morgan fingerprint density at radius 1 is 1.03 bits per heavy atom. The molecular weight excluding hydrogens is 432 g/mol. The minimum atomic E-state index is 0.114. The number of rotatable bonds is 3. The summed E-state index contributed by atoms with van der Waals surface area (Å²) >= 11 is 0. The largest absolute Gasteiger partial charge is 0.384 e. The average molecular weight is 461 g/mol. The minimum absolute atomic E-state index is 0.114. The number of anilines is 1. The molecule has 2 aromatic heterocycles. The van der Waals surface area contributed by atoms with Crippen LogP contribution in [0.2, 0.25) is 0 Å². The van der Waals surface area contributed by atoms with Gasteiger partial charge in [-0.3, -0.25) is 0 Å². The summed E-state index contributed by atoms with van der Waals surface area (Å²) in [5, 5.41) is 15.0. The number of nitriles is 1. The molecule has 0 fully saturated rings. The zero-order chi connectivity index (χ0) is 24.2. The van der Waals surface area contributed by atoms with Crippen LogP contribution >= 0.6 is 0 Å². The SMILES string of the molecule is CC(C)CNc1cccc2ccc3c(c12)CCC1=C3C=CCC1.N#Cc1ncc2nccnc2n1. The highest BCUT2D eigenvalue weighted by molar-refractivity contribution is 6.01. The standard InChI is InChI=1S/C22H25N.C7H3N5/c1-15(2)14-23-21-9-5-7-17-11-12-19-18-8-4-3-6-16(18)10-13-20(19)22(17)21;8-3-6-11-4-5-7(12-6)10-2-1-9-5/h4-5,7-9,11-12,15,23H,3,6,10,13-14H2,1-2H3;1-2,4H.